The van der Waals surface area contributed by atoms with Crippen LogP contribution in [0.2, 0.25) is 0 Å². The molecule has 1 aromatic heterocycles. The average molecular weight is 445 g/mol. The summed E-state index contributed by atoms with van der Waals surface area (Å²) in [5.74, 6) is 0.894. The minimum absolute atomic E-state index is 0.217. The summed E-state index contributed by atoms with van der Waals surface area (Å²) < 4.78 is 8.16. The first kappa shape index (κ1) is 21.7. The maximum absolute atomic E-state index is 13.2. The molecule has 1 N–H and O–H groups in total. The van der Waals surface area contributed by atoms with Crippen LogP contribution in [0.1, 0.15) is 44.6 Å². The maximum Gasteiger partial charge on any atom is 0.411 e. The molecule has 2 aromatic carbocycles. The Morgan fingerprint density at radius 3 is 2.42 bits per heavy atom. The van der Waals surface area contributed by atoms with Gasteiger partial charge < -0.3 is 14.6 Å². The molecule has 5 rings (SSSR count). The van der Waals surface area contributed by atoms with E-state index in [0.29, 0.717) is 19.6 Å². The first-order chi connectivity index (χ1) is 15.8. The molecule has 1 spiro atoms. The fraction of sp³-hybridized carbons (Fsp3) is 0.407. The molecule has 3 aromatic rings. The lowest BCUT2D eigenvalue weighted by Gasteiger charge is -2.36. The van der Waals surface area contributed by atoms with Gasteiger partial charge in [-0.1, -0.05) is 81.4 Å². The number of benzene rings is 2. The first-order valence-corrected chi connectivity index (χ1v) is 11.7. The second-order valence-electron chi connectivity index (χ2n) is 10.3. The molecule has 2 aliphatic rings. The predicted molar refractivity (Wildman–Crippen MR) is 129 cm³/mol. The van der Waals surface area contributed by atoms with Crippen molar-refractivity contribution in [2.75, 3.05) is 19.6 Å². The molecule has 2 saturated heterocycles. The summed E-state index contributed by atoms with van der Waals surface area (Å²) in [6.45, 7) is 9.38. The Morgan fingerprint density at radius 2 is 1.79 bits per heavy atom. The summed E-state index contributed by atoms with van der Waals surface area (Å²) in [6.07, 6.45) is 2.72. The van der Waals surface area contributed by atoms with E-state index in [9.17, 15) is 4.79 Å². The number of carbonyl (C=O) groups excluding carboxylic acids is 1. The standard InChI is InChI=1S/C27H32N4O2/c1-26(2,3)23(31-19-27(33-25(31)32)14-15-28-18-27)24-29-22(21-12-8-5-9-13-21)17-30(24)16-20-10-6-4-7-11-20/h4-13,17,23,28H,14-16,18-19H2,1-3H3/t23-,27+/m0/s1. The quantitative estimate of drug-likeness (QED) is 0.610. The van der Waals surface area contributed by atoms with Crippen LogP contribution in [0.4, 0.5) is 4.79 Å². The Bertz CT molecular complexity index is 1110. The van der Waals surface area contributed by atoms with E-state index in [1.54, 1.807) is 0 Å². The van der Waals surface area contributed by atoms with Crippen LogP contribution < -0.4 is 5.32 Å². The summed E-state index contributed by atoms with van der Waals surface area (Å²) in [5.41, 5.74) is 2.52. The van der Waals surface area contributed by atoms with E-state index in [2.05, 4.69) is 73.3 Å². The Labute approximate surface area is 195 Å². The molecule has 2 fully saturated rings. The normalized spacial score (nSPS) is 21.5. The lowest BCUT2D eigenvalue weighted by molar-refractivity contribution is 0.0714. The summed E-state index contributed by atoms with van der Waals surface area (Å²) >= 11 is 0. The number of carbonyl (C=O) groups is 1. The van der Waals surface area contributed by atoms with Crippen LogP contribution in [-0.4, -0.2) is 45.8 Å². The van der Waals surface area contributed by atoms with E-state index in [-0.39, 0.29) is 17.6 Å². The molecular weight excluding hydrogens is 412 g/mol. The summed E-state index contributed by atoms with van der Waals surface area (Å²) in [4.78, 5) is 20.2. The molecule has 172 valence electrons. The number of imidazole rings is 1. The lowest BCUT2D eigenvalue weighted by Crippen LogP contribution is -2.42. The number of aromatic nitrogens is 2. The lowest BCUT2D eigenvalue weighted by atomic mass is 9.84. The molecule has 6 nitrogen and oxygen atoms in total. The van der Waals surface area contributed by atoms with Crippen molar-refractivity contribution in [3.63, 3.8) is 0 Å². The molecule has 33 heavy (non-hydrogen) atoms. The van der Waals surface area contributed by atoms with Crippen LogP contribution in [0.3, 0.4) is 0 Å². The van der Waals surface area contributed by atoms with Crippen LogP contribution in [0, 0.1) is 5.41 Å². The zero-order chi connectivity index (χ0) is 23.1. The Balaban J connectivity index is 1.59. The molecule has 0 radical (unpaired) electrons. The van der Waals surface area contributed by atoms with Gasteiger partial charge in [-0.2, -0.15) is 0 Å². The van der Waals surface area contributed by atoms with Gasteiger partial charge in [0.15, 0.2) is 0 Å². The highest BCUT2D eigenvalue weighted by atomic mass is 16.6. The van der Waals surface area contributed by atoms with E-state index in [1.165, 1.54) is 5.56 Å². The van der Waals surface area contributed by atoms with Gasteiger partial charge in [0, 0.05) is 31.3 Å². The Kier molecular flexibility index (Phi) is 5.49. The van der Waals surface area contributed by atoms with E-state index in [1.807, 2.05) is 29.2 Å². The fourth-order valence-electron chi connectivity index (χ4n) is 5.09. The van der Waals surface area contributed by atoms with Gasteiger partial charge >= 0.3 is 6.09 Å². The Hall–Kier alpha value is -3.12. The predicted octanol–water partition coefficient (Wildman–Crippen LogP) is 4.87. The van der Waals surface area contributed by atoms with Crippen molar-refractivity contribution in [3.05, 3.63) is 78.2 Å². The summed E-state index contributed by atoms with van der Waals surface area (Å²) in [6, 6.07) is 20.4. The molecule has 0 unspecified atom stereocenters. The highest BCUT2D eigenvalue weighted by molar-refractivity contribution is 5.72. The Morgan fingerprint density at radius 1 is 1.09 bits per heavy atom. The third-order valence-corrected chi connectivity index (χ3v) is 6.65. The monoisotopic (exact) mass is 444 g/mol. The molecule has 6 heteroatoms. The minimum atomic E-state index is -0.431. The second kappa shape index (κ2) is 8.34. The molecule has 2 atom stereocenters. The average Bonchev–Trinajstić information content (AvgIpc) is 3.49. The number of hydrogen-bond acceptors (Lipinski definition) is 4. The SMILES string of the molecule is CC(C)(C)[C@H](c1nc(-c2ccccc2)cn1Cc1ccccc1)N1C[C@]2(CCNC2)OC1=O. The number of hydrogen-bond donors (Lipinski definition) is 1. The van der Waals surface area contributed by atoms with Gasteiger partial charge in [-0.3, -0.25) is 4.90 Å². The molecule has 3 heterocycles. The van der Waals surface area contributed by atoms with Gasteiger partial charge in [0.1, 0.15) is 11.4 Å². The number of nitrogens with zero attached hydrogens (tertiary/aromatic N) is 3. The third kappa shape index (κ3) is 4.27. The largest absolute Gasteiger partial charge is 0.439 e. The highest BCUT2D eigenvalue weighted by Crippen LogP contribution is 2.43. The zero-order valence-electron chi connectivity index (χ0n) is 19.6. The van der Waals surface area contributed by atoms with E-state index in [4.69, 9.17) is 9.72 Å². The van der Waals surface area contributed by atoms with E-state index in [0.717, 1.165) is 30.0 Å². The fourth-order valence-corrected chi connectivity index (χ4v) is 5.09. The van der Waals surface area contributed by atoms with Gasteiger partial charge in [-0.05, 0) is 17.5 Å². The van der Waals surface area contributed by atoms with Gasteiger partial charge in [0.05, 0.1) is 18.3 Å². The van der Waals surface area contributed by atoms with Gasteiger partial charge in [0.25, 0.3) is 0 Å². The highest BCUT2D eigenvalue weighted by Gasteiger charge is 2.52. The van der Waals surface area contributed by atoms with E-state index < -0.39 is 5.60 Å². The number of ether oxygens (including phenoxy) is 1. The number of rotatable bonds is 5. The van der Waals surface area contributed by atoms with Crippen molar-refractivity contribution in [1.82, 2.24) is 19.8 Å². The molecular formula is C27H32N4O2. The zero-order valence-corrected chi connectivity index (χ0v) is 19.6. The van der Waals surface area contributed by atoms with Crippen LogP contribution >= 0.6 is 0 Å². The van der Waals surface area contributed by atoms with Gasteiger partial charge in [-0.15, -0.1) is 0 Å². The van der Waals surface area contributed by atoms with Crippen LogP contribution in [0.15, 0.2) is 66.9 Å². The maximum atomic E-state index is 13.2. The van der Waals surface area contributed by atoms with E-state index >= 15 is 0 Å². The van der Waals surface area contributed by atoms with Crippen molar-refractivity contribution in [2.24, 2.45) is 5.41 Å². The molecule has 2 aliphatic heterocycles. The van der Waals surface area contributed by atoms with Gasteiger partial charge in [-0.25, -0.2) is 9.78 Å². The number of amides is 1. The van der Waals surface area contributed by atoms with Crippen molar-refractivity contribution in [1.29, 1.82) is 0 Å². The van der Waals surface area contributed by atoms with Crippen molar-refractivity contribution >= 4 is 6.09 Å². The van der Waals surface area contributed by atoms with Crippen molar-refractivity contribution < 1.29 is 9.53 Å². The number of nitrogens with one attached hydrogen (secondary N) is 1. The van der Waals surface area contributed by atoms with Gasteiger partial charge in [0.2, 0.25) is 0 Å². The molecule has 0 bridgehead atoms. The summed E-state index contributed by atoms with van der Waals surface area (Å²) in [5, 5.41) is 3.36. The minimum Gasteiger partial charge on any atom is -0.439 e. The molecule has 1 amide bonds. The van der Waals surface area contributed by atoms with Crippen LogP contribution in [0.25, 0.3) is 11.3 Å². The third-order valence-electron chi connectivity index (χ3n) is 6.65. The van der Waals surface area contributed by atoms with Crippen molar-refractivity contribution in [2.45, 2.75) is 45.4 Å². The smallest absolute Gasteiger partial charge is 0.411 e. The molecule has 0 saturated carbocycles. The first-order valence-electron chi connectivity index (χ1n) is 11.7. The van der Waals surface area contributed by atoms with Crippen LogP contribution in [0.5, 0.6) is 0 Å². The summed E-state index contributed by atoms with van der Waals surface area (Å²) in [7, 11) is 0. The van der Waals surface area contributed by atoms with Crippen LogP contribution in [-0.2, 0) is 11.3 Å². The topological polar surface area (TPSA) is 59.4 Å². The van der Waals surface area contributed by atoms with Crippen molar-refractivity contribution in [3.8, 4) is 11.3 Å². The molecule has 0 aliphatic carbocycles. The second-order valence-corrected chi connectivity index (χ2v) is 10.3.